The van der Waals surface area contributed by atoms with Gasteiger partial charge in [-0.2, -0.15) is 0 Å². The van der Waals surface area contributed by atoms with Gasteiger partial charge in [0, 0.05) is 10.2 Å². The molecule has 0 spiro atoms. The molecule has 0 aliphatic heterocycles. The number of rotatable bonds is 8. The molecule has 1 rings (SSSR count). The van der Waals surface area contributed by atoms with E-state index in [2.05, 4.69) is 21.2 Å². The number of hydrogen-bond donors (Lipinski definition) is 2. The fourth-order valence-electron chi connectivity index (χ4n) is 1.36. The minimum Gasteiger partial charge on any atom is -0.455 e. The average molecular weight is 389 g/mol. The topological polar surface area (TPSA) is 98.5 Å². The highest BCUT2D eigenvalue weighted by atomic mass is 79.9. The van der Waals surface area contributed by atoms with Crippen LogP contribution in [0.25, 0.3) is 0 Å². The molecule has 1 aromatic rings. The van der Waals surface area contributed by atoms with Gasteiger partial charge in [0.15, 0.2) is 6.61 Å². The van der Waals surface area contributed by atoms with Crippen molar-refractivity contribution in [2.24, 2.45) is 5.73 Å². The molecular formula is C14H17BrN2O4S. The standard InChI is InChI=1S/C14H17BrN2O4S/c1-9(22-8-10-2-4-11(15)5-3-10)14(20)21-7-13(19)17-6-12(16)18/h2-5,9H,6-8H2,1H3,(H2,16,18)(H,17,19)/t9-/m0/s1. The number of thioether (sulfide) groups is 1. The summed E-state index contributed by atoms with van der Waals surface area (Å²) in [6.07, 6.45) is 0. The van der Waals surface area contributed by atoms with E-state index in [9.17, 15) is 14.4 Å². The van der Waals surface area contributed by atoms with Gasteiger partial charge >= 0.3 is 5.97 Å². The van der Waals surface area contributed by atoms with Gasteiger partial charge in [-0.25, -0.2) is 0 Å². The van der Waals surface area contributed by atoms with Crippen molar-refractivity contribution in [2.45, 2.75) is 17.9 Å². The summed E-state index contributed by atoms with van der Waals surface area (Å²) in [5, 5.41) is 1.84. The van der Waals surface area contributed by atoms with Crippen molar-refractivity contribution in [1.29, 1.82) is 0 Å². The third kappa shape index (κ3) is 7.46. The first kappa shape index (κ1) is 18.5. The van der Waals surface area contributed by atoms with E-state index in [0.717, 1.165) is 10.0 Å². The molecule has 22 heavy (non-hydrogen) atoms. The van der Waals surface area contributed by atoms with Crippen molar-refractivity contribution in [2.75, 3.05) is 13.2 Å². The van der Waals surface area contributed by atoms with Crippen molar-refractivity contribution < 1.29 is 19.1 Å². The Balaban J connectivity index is 2.28. The number of halogens is 1. The van der Waals surface area contributed by atoms with Gasteiger partial charge in [0.05, 0.1) is 11.8 Å². The first-order valence-electron chi connectivity index (χ1n) is 6.46. The number of nitrogens with two attached hydrogens (primary N) is 1. The molecule has 0 aromatic heterocycles. The Kier molecular flexibility index (Phi) is 7.97. The fourth-order valence-corrected chi connectivity index (χ4v) is 2.46. The third-order valence-electron chi connectivity index (χ3n) is 2.55. The second kappa shape index (κ2) is 9.47. The lowest BCUT2D eigenvalue weighted by Crippen LogP contribution is -2.36. The molecule has 0 unspecified atom stereocenters. The molecule has 0 heterocycles. The highest BCUT2D eigenvalue weighted by molar-refractivity contribution is 9.10. The van der Waals surface area contributed by atoms with Crippen molar-refractivity contribution >= 4 is 45.5 Å². The highest BCUT2D eigenvalue weighted by Gasteiger charge is 2.16. The Morgan fingerprint density at radius 1 is 1.32 bits per heavy atom. The van der Waals surface area contributed by atoms with Crippen LogP contribution in [0.2, 0.25) is 0 Å². The third-order valence-corrected chi connectivity index (χ3v) is 4.27. The van der Waals surface area contributed by atoms with E-state index in [1.807, 2.05) is 24.3 Å². The maximum Gasteiger partial charge on any atom is 0.319 e. The van der Waals surface area contributed by atoms with Crippen LogP contribution in [-0.4, -0.2) is 36.2 Å². The number of esters is 1. The number of ether oxygens (including phenoxy) is 1. The largest absolute Gasteiger partial charge is 0.455 e. The molecule has 8 heteroatoms. The van der Waals surface area contributed by atoms with E-state index >= 15 is 0 Å². The van der Waals surface area contributed by atoms with Crippen LogP contribution in [0.4, 0.5) is 0 Å². The van der Waals surface area contributed by atoms with Crippen LogP contribution in [0.3, 0.4) is 0 Å². The Morgan fingerprint density at radius 2 is 1.95 bits per heavy atom. The molecule has 1 aromatic carbocycles. The van der Waals surface area contributed by atoms with Gasteiger partial charge in [0.1, 0.15) is 0 Å². The van der Waals surface area contributed by atoms with Gasteiger partial charge in [-0.3, -0.25) is 14.4 Å². The normalized spacial score (nSPS) is 11.5. The zero-order valence-electron chi connectivity index (χ0n) is 12.0. The Morgan fingerprint density at radius 3 is 2.55 bits per heavy atom. The van der Waals surface area contributed by atoms with Crippen molar-refractivity contribution in [3.8, 4) is 0 Å². The first-order valence-corrected chi connectivity index (χ1v) is 8.30. The van der Waals surface area contributed by atoms with Gasteiger partial charge in [-0.15, -0.1) is 11.8 Å². The summed E-state index contributed by atoms with van der Waals surface area (Å²) in [4.78, 5) is 33.5. The minimum atomic E-state index is -0.655. The smallest absolute Gasteiger partial charge is 0.319 e. The predicted octanol–water partition coefficient (Wildman–Crippen LogP) is 1.22. The molecule has 3 N–H and O–H groups in total. The summed E-state index contributed by atoms with van der Waals surface area (Å²) < 4.78 is 5.87. The number of carbonyl (C=O) groups is 3. The number of carbonyl (C=O) groups excluding carboxylic acids is 3. The molecule has 0 saturated heterocycles. The lowest BCUT2D eigenvalue weighted by Gasteiger charge is -2.11. The predicted molar refractivity (Wildman–Crippen MR) is 88.1 cm³/mol. The van der Waals surface area contributed by atoms with E-state index < -0.39 is 29.6 Å². The van der Waals surface area contributed by atoms with Crippen LogP contribution < -0.4 is 11.1 Å². The monoisotopic (exact) mass is 388 g/mol. The van der Waals surface area contributed by atoms with Crippen LogP contribution in [0.15, 0.2) is 28.7 Å². The van der Waals surface area contributed by atoms with E-state index in [-0.39, 0.29) is 6.54 Å². The molecule has 6 nitrogen and oxygen atoms in total. The van der Waals surface area contributed by atoms with Crippen molar-refractivity contribution in [3.63, 3.8) is 0 Å². The van der Waals surface area contributed by atoms with Crippen LogP contribution in [0, 0.1) is 0 Å². The summed E-state index contributed by atoms with van der Waals surface area (Å²) in [6.45, 7) is 1.02. The van der Waals surface area contributed by atoms with E-state index in [1.54, 1.807) is 6.92 Å². The van der Waals surface area contributed by atoms with E-state index in [0.29, 0.717) is 5.75 Å². The van der Waals surface area contributed by atoms with Crippen LogP contribution in [0.5, 0.6) is 0 Å². The lowest BCUT2D eigenvalue weighted by molar-refractivity contribution is -0.147. The van der Waals surface area contributed by atoms with Crippen LogP contribution in [0.1, 0.15) is 12.5 Å². The Bertz CT molecular complexity index is 536. The summed E-state index contributed by atoms with van der Waals surface area (Å²) >= 11 is 4.77. The second-order valence-corrected chi connectivity index (χ2v) is 6.68. The Labute approximate surface area is 141 Å². The maximum atomic E-state index is 11.7. The van der Waals surface area contributed by atoms with Crippen molar-refractivity contribution in [3.05, 3.63) is 34.3 Å². The van der Waals surface area contributed by atoms with E-state index in [1.165, 1.54) is 11.8 Å². The van der Waals surface area contributed by atoms with Crippen LogP contribution in [-0.2, 0) is 24.9 Å². The molecule has 0 saturated carbocycles. The van der Waals surface area contributed by atoms with Crippen molar-refractivity contribution in [1.82, 2.24) is 5.32 Å². The average Bonchev–Trinajstić information content (AvgIpc) is 2.49. The molecule has 0 aliphatic carbocycles. The highest BCUT2D eigenvalue weighted by Crippen LogP contribution is 2.20. The minimum absolute atomic E-state index is 0.274. The molecule has 120 valence electrons. The van der Waals surface area contributed by atoms with Crippen LogP contribution >= 0.6 is 27.7 Å². The SMILES string of the molecule is C[C@H](SCc1ccc(Br)cc1)C(=O)OCC(=O)NCC(N)=O. The summed E-state index contributed by atoms with van der Waals surface area (Å²) in [5.74, 6) is -1.02. The van der Waals surface area contributed by atoms with Gasteiger partial charge in [-0.05, 0) is 24.6 Å². The number of hydrogen-bond acceptors (Lipinski definition) is 5. The summed E-state index contributed by atoms with van der Waals surface area (Å²) in [5.41, 5.74) is 5.97. The molecule has 0 aliphatic rings. The molecule has 0 bridgehead atoms. The molecule has 2 amide bonds. The second-order valence-electron chi connectivity index (χ2n) is 4.43. The molecule has 0 radical (unpaired) electrons. The number of primary amides is 1. The lowest BCUT2D eigenvalue weighted by atomic mass is 10.2. The van der Waals surface area contributed by atoms with E-state index in [4.69, 9.17) is 10.5 Å². The quantitative estimate of drug-likeness (QED) is 0.652. The van der Waals surface area contributed by atoms with Gasteiger partial charge < -0.3 is 15.8 Å². The molecular weight excluding hydrogens is 372 g/mol. The summed E-state index contributed by atoms with van der Waals surface area (Å²) in [7, 11) is 0. The molecule has 1 atom stereocenters. The summed E-state index contributed by atoms with van der Waals surface area (Å²) in [6, 6.07) is 7.79. The zero-order chi connectivity index (χ0) is 16.5. The number of nitrogens with one attached hydrogen (secondary N) is 1. The van der Waals surface area contributed by atoms with Gasteiger partial charge in [-0.1, -0.05) is 28.1 Å². The Hall–Kier alpha value is -1.54. The number of amides is 2. The fraction of sp³-hybridized carbons (Fsp3) is 0.357. The first-order chi connectivity index (χ1) is 10.4. The maximum absolute atomic E-state index is 11.7. The van der Waals surface area contributed by atoms with Gasteiger partial charge in [0.25, 0.3) is 5.91 Å². The number of benzene rings is 1. The molecule has 0 fully saturated rings. The van der Waals surface area contributed by atoms with Gasteiger partial charge in [0.2, 0.25) is 5.91 Å². The zero-order valence-corrected chi connectivity index (χ0v) is 14.4.